The number of aromatic nitrogens is 1. The van der Waals surface area contributed by atoms with Crippen molar-refractivity contribution in [1.82, 2.24) is 4.98 Å². The number of hydrogen-bond donors (Lipinski definition) is 2. The van der Waals surface area contributed by atoms with Gasteiger partial charge in [-0.25, -0.2) is 0 Å². The van der Waals surface area contributed by atoms with Gasteiger partial charge < -0.3 is 10.0 Å². The number of pyridine rings is 1. The zero-order chi connectivity index (χ0) is 8.43. The molecule has 0 bridgehead atoms. The molecule has 0 saturated heterocycles. The lowest BCUT2D eigenvalue weighted by Crippen LogP contribution is -2.34. The van der Waals surface area contributed by atoms with E-state index in [-0.39, 0.29) is 0 Å². The van der Waals surface area contributed by atoms with Crippen LogP contribution in [0.15, 0.2) is 12.3 Å². The molecule has 2 N–H and O–H groups in total. The van der Waals surface area contributed by atoms with Crippen LogP contribution in [0.1, 0.15) is 11.3 Å². The molecule has 0 amide bonds. The second-order valence-corrected chi connectivity index (χ2v) is 2.50. The summed E-state index contributed by atoms with van der Waals surface area (Å²) in [5, 5.41) is 17.8. The van der Waals surface area contributed by atoms with Crippen molar-refractivity contribution >= 4 is 12.6 Å². The van der Waals surface area contributed by atoms with Gasteiger partial charge in [0.15, 0.2) is 0 Å². The average molecular weight is 151 g/mol. The van der Waals surface area contributed by atoms with E-state index in [1.54, 1.807) is 19.2 Å². The molecule has 0 aromatic carbocycles. The summed E-state index contributed by atoms with van der Waals surface area (Å²) in [5.74, 6) is 0. The van der Waals surface area contributed by atoms with Gasteiger partial charge in [-0.1, -0.05) is 0 Å². The summed E-state index contributed by atoms with van der Waals surface area (Å²) >= 11 is 0. The minimum atomic E-state index is -1.41. The van der Waals surface area contributed by atoms with E-state index in [4.69, 9.17) is 10.0 Å². The average Bonchev–Trinajstić information content (AvgIpc) is 1.85. The molecule has 11 heavy (non-hydrogen) atoms. The highest BCUT2D eigenvalue weighted by Crippen LogP contribution is 1.96. The Morgan fingerprint density at radius 1 is 1.36 bits per heavy atom. The van der Waals surface area contributed by atoms with E-state index >= 15 is 0 Å². The van der Waals surface area contributed by atoms with E-state index in [1.165, 1.54) is 0 Å². The van der Waals surface area contributed by atoms with Gasteiger partial charge in [0.2, 0.25) is 0 Å². The van der Waals surface area contributed by atoms with Crippen LogP contribution >= 0.6 is 0 Å². The van der Waals surface area contributed by atoms with E-state index in [0.29, 0.717) is 11.2 Å². The summed E-state index contributed by atoms with van der Waals surface area (Å²) < 4.78 is 0. The molecule has 0 aliphatic heterocycles. The van der Waals surface area contributed by atoms with Crippen molar-refractivity contribution in [3.8, 4) is 0 Å². The van der Waals surface area contributed by atoms with Crippen LogP contribution in [0.5, 0.6) is 0 Å². The molecular formula is C7H10BNO2. The molecule has 0 aliphatic carbocycles. The van der Waals surface area contributed by atoms with Crippen molar-refractivity contribution in [2.75, 3.05) is 0 Å². The molecule has 4 heteroatoms. The molecule has 0 radical (unpaired) electrons. The quantitative estimate of drug-likeness (QED) is 0.525. The number of nitrogens with zero attached hydrogens (tertiary/aromatic N) is 1. The first-order valence-corrected chi connectivity index (χ1v) is 3.41. The summed E-state index contributed by atoms with van der Waals surface area (Å²) in [5.41, 5.74) is 2.03. The van der Waals surface area contributed by atoms with E-state index in [0.717, 1.165) is 5.56 Å². The van der Waals surface area contributed by atoms with Gasteiger partial charge in [0.25, 0.3) is 0 Å². The van der Waals surface area contributed by atoms with Crippen LogP contribution in [0.4, 0.5) is 0 Å². The van der Waals surface area contributed by atoms with Crippen LogP contribution in [-0.4, -0.2) is 22.2 Å². The third-order valence-corrected chi connectivity index (χ3v) is 1.67. The first kappa shape index (κ1) is 8.23. The van der Waals surface area contributed by atoms with Crippen molar-refractivity contribution in [3.63, 3.8) is 0 Å². The SMILES string of the molecule is Cc1ccnc(C)c1B(O)O. The summed E-state index contributed by atoms with van der Waals surface area (Å²) in [6, 6.07) is 1.75. The molecule has 1 heterocycles. The molecule has 1 aromatic rings. The van der Waals surface area contributed by atoms with E-state index in [1.807, 2.05) is 6.92 Å². The Morgan fingerprint density at radius 3 is 2.36 bits per heavy atom. The summed E-state index contributed by atoms with van der Waals surface area (Å²) in [6.45, 7) is 3.57. The van der Waals surface area contributed by atoms with E-state index in [2.05, 4.69) is 4.98 Å². The molecule has 0 aliphatic rings. The van der Waals surface area contributed by atoms with Crippen molar-refractivity contribution in [1.29, 1.82) is 0 Å². The molecule has 0 saturated carbocycles. The Bertz CT molecular complexity index is 242. The first-order chi connectivity index (χ1) is 5.13. The summed E-state index contributed by atoms with van der Waals surface area (Å²) in [4.78, 5) is 3.94. The van der Waals surface area contributed by atoms with Crippen molar-refractivity contribution in [2.24, 2.45) is 0 Å². The van der Waals surface area contributed by atoms with Gasteiger partial charge in [-0.15, -0.1) is 0 Å². The maximum absolute atomic E-state index is 8.90. The van der Waals surface area contributed by atoms with Gasteiger partial charge in [0.05, 0.1) is 0 Å². The Hall–Kier alpha value is -0.865. The molecular weight excluding hydrogens is 141 g/mol. The van der Waals surface area contributed by atoms with Gasteiger partial charge in [0, 0.05) is 17.4 Å². The fourth-order valence-electron chi connectivity index (χ4n) is 1.10. The van der Waals surface area contributed by atoms with Gasteiger partial charge in [-0.05, 0) is 25.5 Å². The predicted octanol–water partition coefficient (Wildman–Crippen LogP) is -0.622. The van der Waals surface area contributed by atoms with Crippen molar-refractivity contribution < 1.29 is 10.0 Å². The fourth-order valence-corrected chi connectivity index (χ4v) is 1.10. The van der Waals surface area contributed by atoms with Crippen LogP contribution < -0.4 is 5.46 Å². The standard InChI is InChI=1S/C7H10BNO2/c1-5-3-4-9-6(2)7(5)8(10)11/h3-4,10-11H,1-2H3. The molecule has 1 rings (SSSR count). The van der Waals surface area contributed by atoms with E-state index in [9.17, 15) is 0 Å². The minimum Gasteiger partial charge on any atom is -0.423 e. The highest BCUT2D eigenvalue weighted by Gasteiger charge is 2.16. The second-order valence-electron chi connectivity index (χ2n) is 2.50. The van der Waals surface area contributed by atoms with Crippen LogP contribution in [0, 0.1) is 13.8 Å². The lowest BCUT2D eigenvalue weighted by molar-refractivity contribution is 0.425. The normalized spacial score (nSPS) is 9.82. The van der Waals surface area contributed by atoms with Gasteiger partial charge in [-0.3, -0.25) is 4.98 Å². The topological polar surface area (TPSA) is 53.4 Å². The Balaban J connectivity index is 3.21. The molecule has 58 valence electrons. The van der Waals surface area contributed by atoms with Gasteiger partial charge in [-0.2, -0.15) is 0 Å². The lowest BCUT2D eigenvalue weighted by Gasteiger charge is -2.05. The third-order valence-electron chi connectivity index (χ3n) is 1.67. The maximum atomic E-state index is 8.90. The lowest BCUT2D eigenvalue weighted by atomic mass is 9.76. The minimum absolute atomic E-state index is 0.507. The van der Waals surface area contributed by atoms with Crippen molar-refractivity contribution in [2.45, 2.75) is 13.8 Å². The van der Waals surface area contributed by atoms with Gasteiger partial charge in [0.1, 0.15) is 0 Å². The number of aryl methyl sites for hydroxylation is 2. The number of hydrogen-bond acceptors (Lipinski definition) is 3. The Kier molecular flexibility index (Phi) is 2.26. The highest BCUT2D eigenvalue weighted by molar-refractivity contribution is 6.59. The zero-order valence-electron chi connectivity index (χ0n) is 6.57. The van der Waals surface area contributed by atoms with Crippen LogP contribution in [0.3, 0.4) is 0 Å². The molecule has 0 unspecified atom stereocenters. The number of rotatable bonds is 1. The smallest absolute Gasteiger partial charge is 0.423 e. The van der Waals surface area contributed by atoms with E-state index < -0.39 is 7.12 Å². The van der Waals surface area contributed by atoms with Crippen molar-refractivity contribution in [3.05, 3.63) is 23.5 Å². The predicted molar refractivity (Wildman–Crippen MR) is 43.5 cm³/mol. The summed E-state index contributed by atoms with van der Waals surface area (Å²) in [7, 11) is -1.41. The third kappa shape index (κ3) is 1.58. The maximum Gasteiger partial charge on any atom is 0.490 e. The fraction of sp³-hybridized carbons (Fsp3) is 0.286. The van der Waals surface area contributed by atoms with Crippen LogP contribution in [-0.2, 0) is 0 Å². The molecule has 1 aromatic heterocycles. The van der Waals surface area contributed by atoms with Crippen LogP contribution in [0.2, 0.25) is 0 Å². The molecule has 0 fully saturated rings. The van der Waals surface area contributed by atoms with Crippen LogP contribution in [0.25, 0.3) is 0 Å². The Labute approximate surface area is 65.9 Å². The summed E-state index contributed by atoms with van der Waals surface area (Å²) in [6.07, 6.45) is 1.65. The van der Waals surface area contributed by atoms with Gasteiger partial charge >= 0.3 is 7.12 Å². The second kappa shape index (κ2) is 3.03. The largest absolute Gasteiger partial charge is 0.490 e. The monoisotopic (exact) mass is 151 g/mol. The molecule has 3 nitrogen and oxygen atoms in total. The zero-order valence-corrected chi connectivity index (χ0v) is 6.57. The molecule has 0 spiro atoms. The highest BCUT2D eigenvalue weighted by atomic mass is 16.4. The molecule has 0 atom stereocenters. The first-order valence-electron chi connectivity index (χ1n) is 3.41. The Morgan fingerprint density at radius 2 is 2.00 bits per heavy atom.